The predicted molar refractivity (Wildman–Crippen MR) is 83.1 cm³/mol. The Morgan fingerprint density at radius 3 is 1.95 bits per heavy atom. The zero-order chi connectivity index (χ0) is 14.0. The minimum atomic E-state index is 0.280. The number of nitrogens with zero attached hydrogens (tertiary/aromatic N) is 1. The van der Waals surface area contributed by atoms with Crippen LogP contribution in [0.25, 0.3) is 0 Å². The maximum atomic E-state index is 6.26. The van der Waals surface area contributed by atoms with E-state index in [1.807, 2.05) is 0 Å². The second-order valence-electron chi connectivity index (χ2n) is 7.81. The average molecular weight is 266 g/mol. The lowest BCUT2D eigenvalue weighted by molar-refractivity contribution is -0.00538. The van der Waals surface area contributed by atoms with Crippen LogP contribution in [0.15, 0.2) is 0 Å². The molecule has 2 saturated carbocycles. The van der Waals surface area contributed by atoms with Crippen LogP contribution in [0.3, 0.4) is 0 Å². The van der Waals surface area contributed by atoms with Gasteiger partial charge in [-0.05, 0) is 69.7 Å². The fourth-order valence-electron chi connectivity index (χ4n) is 4.85. The molecule has 2 N–H and O–H groups in total. The van der Waals surface area contributed by atoms with E-state index in [0.29, 0.717) is 0 Å². The van der Waals surface area contributed by atoms with Crippen LogP contribution in [0.5, 0.6) is 0 Å². The molecule has 2 unspecified atom stereocenters. The second-order valence-corrected chi connectivity index (χ2v) is 7.81. The van der Waals surface area contributed by atoms with Crippen LogP contribution < -0.4 is 5.73 Å². The normalized spacial score (nSPS) is 44.5. The van der Waals surface area contributed by atoms with Crippen molar-refractivity contribution in [3.05, 3.63) is 0 Å². The van der Waals surface area contributed by atoms with Gasteiger partial charge in [-0.15, -0.1) is 0 Å². The number of rotatable bonds is 3. The molecule has 2 heteroatoms. The topological polar surface area (TPSA) is 29.3 Å². The summed E-state index contributed by atoms with van der Waals surface area (Å²) in [5, 5.41) is 0. The first-order chi connectivity index (χ1) is 8.97. The minimum absolute atomic E-state index is 0.280. The van der Waals surface area contributed by atoms with Crippen LogP contribution in [0, 0.1) is 17.8 Å². The van der Waals surface area contributed by atoms with Gasteiger partial charge in [-0.2, -0.15) is 0 Å². The first-order valence-electron chi connectivity index (χ1n) is 8.40. The van der Waals surface area contributed by atoms with Gasteiger partial charge in [-0.1, -0.05) is 20.8 Å². The van der Waals surface area contributed by atoms with Gasteiger partial charge in [0.2, 0.25) is 0 Å². The van der Waals surface area contributed by atoms with Crippen molar-refractivity contribution >= 4 is 0 Å². The molecule has 19 heavy (non-hydrogen) atoms. The van der Waals surface area contributed by atoms with E-state index in [1.165, 1.54) is 44.9 Å². The molecule has 2 atom stereocenters. The molecule has 0 saturated heterocycles. The molecule has 2 aliphatic carbocycles. The quantitative estimate of drug-likeness (QED) is 0.845. The van der Waals surface area contributed by atoms with Gasteiger partial charge in [0.1, 0.15) is 0 Å². The number of hydrogen-bond acceptors (Lipinski definition) is 2. The van der Waals surface area contributed by atoms with Crippen LogP contribution in [0.4, 0.5) is 0 Å². The van der Waals surface area contributed by atoms with Gasteiger partial charge in [0.15, 0.2) is 0 Å². The Labute approximate surface area is 120 Å². The molecule has 0 bridgehead atoms. The highest BCUT2D eigenvalue weighted by atomic mass is 15.2. The van der Waals surface area contributed by atoms with E-state index < -0.39 is 0 Å². The number of likely N-dealkylation sites (N-methyl/N-ethyl adjacent to an activating group) is 1. The fourth-order valence-corrected chi connectivity index (χ4v) is 4.85. The Kier molecular flexibility index (Phi) is 4.94. The summed E-state index contributed by atoms with van der Waals surface area (Å²) in [5.41, 5.74) is 6.54. The first-order valence-corrected chi connectivity index (χ1v) is 8.40. The van der Waals surface area contributed by atoms with Gasteiger partial charge in [0.05, 0.1) is 0 Å². The van der Waals surface area contributed by atoms with Gasteiger partial charge in [-0.3, -0.25) is 4.90 Å². The van der Waals surface area contributed by atoms with Crippen LogP contribution >= 0.6 is 0 Å². The lowest BCUT2D eigenvalue weighted by atomic mass is 9.69. The van der Waals surface area contributed by atoms with Gasteiger partial charge in [-0.25, -0.2) is 0 Å². The minimum Gasteiger partial charge on any atom is -0.329 e. The van der Waals surface area contributed by atoms with Crippen LogP contribution in [-0.4, -0.2) is 30.1 Å². The summed E-state index contributed by atoms with van der Waals surface area (Å²) in [4.78, 5) is 2.70. The molecule has 112 valence electrons. The summed E-state index contributed by atoms with van der Waals surface area (Å²) >= 11 is 0. The molecule has 0 heterocycles. The summed E-state index contributed by atoms with van der Waals surface area (Å²) in [6.07, 6.45) is 9.55. The van der Waals surface area contributed by atoms with E-state index in [9.17, 15) is 0 Å². The smallest absolute Gasteiger partial charge is 0.0336 e. The fraction of sp³-hybridized carbons (Fsp3) is 1.00. The van der Waals surface area contributed by atoms with Gasteiger partial charge < -0.3 is 5.73 Å². The Balaban J connectivity index is 2.07. The molecule has 0 aromatic carbocycles. The second kappa shape index (κ2) is 6.13. The Morgan fingerprint density at radius 1 is 0.947 bits per heavy atom. The largest absolute Gasteiger partial charge is 0.329 e. The van der Waals surface area contributed by atoms with Crippen molar-refractivity contribution in [2.24, 2.45) is 23.5 Å². The molecule has 0 spiro atoms. The number of hydrogen-bond donors (Lipinski definition) is 1. The zero-order valence-electron chi connectivity index (χ0n) is 13.5. The molecular formula is C17H34N2. The maximum Gasteiger partial charge on any atom is 0.0336 e. The molecule has 2 rings (SSSR count). The lowest BCUT2D eigenvalue weighted by Gasteiger charge is -2.52. The van der Waals surface area contributed by atoms with Gasteiger partial charge in [0.25, 0.3) is 0 Å². The summed E-state index contributed by atoms with van der Waals surface area (Å²) in [6.45, 7) is 8.07. The highest BCUT2D eigenvalue weighted by Crippen LogP contribution is 2.41. The van der Waals surface area contributed by atoms with Crippen molar-refractivity contribution < 1.29 is 0 Å². The lowest BCUT2D eigenvalue weighted by Crippen LogP contribution is -2.59. The molecule has 2 nitrogen and oxygen atoms in total. The molecule has 0 aromatic heterocycles. The van der Waals surface area contributed by atoms with Crippen molar-refractivity contribution in [1.29, 1.82) is 0 Å². The van der Waals surface area contributed by atoms with Crippen molar-refractivity contribution in [2.45, 2.75) is 77.3 Å². The summed E-state index contributed by atoms with van der Waals surface area (Å²) < 4.78 is 0. The van der Waals surface area contributed by atoms with Crippen LogP contribution in [0.2, 0.25) is 0 Å². The van der Waals surface area contributed by atoms with Crippen molar-refractivity contribution in [3.63, 3.8) is 0 Å². The molecule has 0 amide bonds. The molecule has 0 aliphatic heterocycles. The third-order valence-electron chi connectivity index (χ3n) is 5.92. The number of nitrogens with two attached hydrogens (primary N) is 1. The monoisotopic (exact) mass is 266 g/mol. The maximum absolute atomic E-state index is 6.26. The van der Waals surface area contributed by atoms with E-state index >= 15 is 0 Å². The third kappa shape index (κ3) is 3.33. The molecule has 0 aromatic rings. The van der Waals surface area contributed by atoms with E-state index in [0.717, 1.165) is 30.3 Å². The standard InChI is InChI=1S/C17H34N2/c1-13-5-7-16(8-6-13)19(4)17(12-18)10-14(2)9-15(3)11-17/h13-16H,5-12,18H2,1-4H3. The van der Waals surface area contributed by atoms with E-state index in [2.05, 4.69) is 32.7 Å². The molecule has 0 radical (unpaired) electrons. The highest BCUT2D eigenvalue weighted by Gasteiger charge is 2.42. The van der Waals surface area contributed by atoms with E-state index in [1.54, 1.807) is 0 Å². The molecule has 2 fully saturated rings. The zero-order valence-corrected chi connectivity index (χ0v) is 13.5. The van der Waals surface area contributed by atoms with E-state index in [4.69, 9.17) is 5.73 Å². The van der Waals surface area contributed by atoms with E-state index in [-0.39, 0.29) is 5.54 Å². The highest BCUT2D eigenvalue weighted by molar-refractivity contribution is 4.99. The Morgan fingerprint density at radius 2 is 1.47 bits per heavy atom. The van der Waals surface area contributed by atoms with Crippen LogP contribution in [-0.2, 0) is 0 Å². The Hall–Kier alpha value is -0.0800. The SMILES string of the molecule is CC1CCC(N(C)C2(CN)CC(C)CC(C)C2)CC1. The Bertz CT molecular complexity index is 271. The van der Waals surface area contributed by atoms with Crippen molar-refractivity contribution in [1.82, 2.24) is 4.90 Å². The van der Waals surface area contributed by atoms with Gasteiger partial charge in [0, 0.05) is 18.1 Å². The summed E-state index contributed by atoms with van der Waals surface area (Å²) in [6, 6.07) is 0.775. The van der Waals surface area contributed by atoms with Crippen molar-refractivity contribution in [3.8, 4) is 0 Å². The first kappa shape index (κ1) is 15.3. The predicted octanol–water partition coefficient (Wildman–Crippen LogP) is 3.65. The summed E-state index contributed by atoms with van der Waals surface area (Å²) in [5.74, 6) is 2.59. The van der Waals surface area contributed by atoms with Gasteiger partial charge >= 0.3 is 0 Å². The molecule has 2 aliphatic rings. The van der Waals surface area contributed by atoms with Crippen LogP contribution in [0.1, 0.15) is 65.7 Å². The average Bonchev–Trinajstić information content (AvgIpc) is 2.37. The summed E-state index contributed by atoms with van der Waals surface area (Å²) in [7, 11) is 2.36. The van der Waals surface area contributed by atoms with Crippen molar-refractivity contribution in [2.75, 3.05) is 13.6 Å². The third-order valence-corrected chi connectivity index (χ3v) is 5.92. The molecular weight excluding hydrogens is 232 g/mol.